The van der Waals surface area contributed by atoms with Gasteiger partial charge >= 0.3 is 0 Å². The van der Waals surface area contributed by atoms with E-state index < -0.39 is 0 Å². The standard InChI is InChI=1S/C54H34N4/c1-3-15-35(16-4-1)40-20-9-13-25-47(40)58-49-32-29-36-17-7-8-21-41(36)52(49)44-33-43-42-22-10-14-26-48(42)57(50(43)34-51(44)58)39-30-27-38(28-31-39)54-53(37-18-5-2-6-19-37)55-45-23-11-12-24-46(45)56-54/h1-34H. The van der Waals surface area contributed by atoms with E-state index in [1.807, 2.05) is 30.3 Å². The molecule has 0 unspecified atom stereocenters. The van der Waals surface area contributed by atoms with E-state index >= 15 is 0 Å². The predicted octanol–water partition coefficient (Wildman–Crippen LogP) is 14.0. The Morgan fingerprint density at radius 2 is 0.914 bits per heavy atom. The van der Waals surface area contributed by atoms with Crippen LogP contribution in [-0.2, 0) is 0 Å². The van der Waals surface area contributed by atoms with Gasteiger partial charge in [0, 0.05) is 43.9 Å². The first-order valence-corrected chi connectivity index (χ1v) is 19.8. The average molecular weight is 739 g/mol. The molecule has 4 nitrogen and oxygen atoms in total. The van der Waals surface area contributed by atoms with Crippen LogP contribution in [0.3, 0.4) is 0 Å². The second-order valence-electron chi connectivity index (χ2n) is 15.0. The Morgan fingerprint density at radius 3 is 1.67 bits per heavy atom. The lowest BCUT2D eigenvalue weighted by molar-refractivity contribution is 1.16. The van der Waals surface area contributed by atoms with E-state index in [-0.39, 0.29) is 0 Å². The number of aromatic nitrogens is 4. The van der Waals surface area contributed by atoms with Crippen molar-refractivity contribution >= 4 is 65.4 Å². The Labute approximate surface area is 334 Å². The Morgan fingerprint density at radius 1 is 0.328 bits per heavy atom. The molecule has 0 bridgehead atoms. The first-order valence-electron chi connectivity index (χ1n) is 19.8. The number of hydrogen-bond donors (Lipinski definition) is 0. The third kappa shape index (κ3) is 4.95. The minimum atomic E-state index is 0.870. The zero-order valence-electron chi connectivity index (χ0n) is 31.4. The van der Waals surface area contributed by atoms with Gasteiger partial charge in [-0.25, -0.2) is 9.97 Å². The summed E-state index contributed by atoms with van der Waals surface area (Å²) in [7, 11) is 0. The molecule has 0 amide bonds. The molecule has 0 spiro atoms. The van der Waals surface area contributed by atoms with Crippen LogP contribution >= 0.6 is 0 Å². The summed E-state index contributed by atoms with van der Waals surface area (Å²) in [6.45, 7) is 0. The maximum atomic E-state index is 5.19. The smallest absolute Gasteiger partial charge is 0.0973 e. The van der Waals surface area contributed by atoms with Crippen LogP contribution in [0.2, 0.25) is 0 Å². The van der Waals surface area contributed by atoms with E-state index in [0.717, 1.165) is 50.4 Å². The van der Waals surface area contributed by atoms with E-state index in [0.29, 0.717) is 0 Å². The molecule has 0 N–H and O–H groups in total. The molecule has 0 atom stereocenters. The van der Waals surface area contributed by atoms with Crippen LogP contribution in [0.25, 0.3) is 110 Å². The molecule has 0 radical (unpaired) electrons. The Hall–Kier alpha value is -7.82. The van der Waals surface area contributed by atoms with Crippen molar-refractivity contribution < 1.29 is 0 Å². The van der Waals surface area contributed by atoms with Gasteiger partial charge in [0.15, 0.2) is 0 Å². The van der Waals surface area contributed by atoms with Gasteiger partial charge in [-0.3, -0.25) is 0 Å². The predicted molar refractivity (Wildman–Crippen MR) is 242 cm³/mol. The van der Waals surface area contributed by atoms with Crippen molar-refractivity contribution in [1.29, 1.82) is 0 Å². The van der Waals surface area contributed by atoms with E-state index in [1.165, 1.54) is 60.0 Å². The Kier molecular flexibility index (Phi) is 7.20. The van der Waals surface area contributed by atoms with Crippen molar-refractivity contribution in [3.05, 3.63) is 206 Å². The highest BCUT2D eigenvalue weighted by Gasteiger charge is 2.22. The fourth-order valence-corrected chi connectivity index (χ4v) is 9.08. The summed E-state index contributed by atoms with van der Waals surface area (Å²) >= 11 is 0. The molecule has 0 aliphatic heterocycles. The Balaban J connectivity index is 1.12. The van der Waals surface area contributed by atoms with Crippen LogP contribution < -0.4 is 0 Å². The van der Waals surface area contributed by atoms with Crippen molar-refractivity contribution in [2.24, 2.45) is 0 Å². The third-order valence-corrected chi connectivity index (χ3v) is 11.7. The highest BCUT2D eigenvalue weighted by atomic mass is 15.0. The van der Waals surface area contributed by atoms with Crippen molar-refractivity contribution in [2.75, 3.05) is 0 Å². The minimum absolute atomic E-state index is 0.870. The molecule has 0 aliphatic carbocycles. The van der Waals surface area contributed by atoms with Crippen LogP contribution in [0, 0.1) is 0 Å². The molecular formula is C54H34N4. The van der Waals surface area contributed by atoms with Gasteiger partial charge in [-0.05, 0) is 70.9 Å². The van der Waals surface area contributed by atoms with Crippen molar-refractivity contribution in [2.45, 2.75) is 0 Å². The van der Waals surface area contributed by atoms with E-state index in [9.17, 15) is 0 Å². The second-order valence-corrected chi connectivity index (χ2v) is 15.0. The monoisotopic (exact) mass is 738 g/mol. The molecule has 12 aromatic rings. The lowest BCUT2D eigenvalue weighted by Crippen LogP contribution is -1.98. The SMILES string of the molecule is c1ccc(-c2ccccc2-n2c3cc4c(cc3c3c5ccccc5ccc32)c2ccccc2n4-c2ccc(-c3nc4ccccc4nc3-c3ccccc3)cc2)cc1. The van der Waals surface area contributed by atoms with Gasteiger partial charge in [0.1, 0.15) is 0 Å². The molecule has 58 heavy (non-hydrogen) atoms. The van der Waals surface area contributed by atoms with Gasteiger partial charge in [0.25, 0.3) is 0 Å². The number of nitrogens with zero attached hydrogens (tertiary/aromatic N) is 4. The van der Waals surface area contributed by atoms with Crippen LogP contribution in [-0.4, -0.2) is 19.1 Å². The minimum Gasteiger partial charge on any atom is -0.309 e. The maximum Gasteiger partial charge on any atom is 0.0973 e. The summed E-state index contributed by atoms with van der Waals surface area (Å²) < 4.78 is 4.90. The zero-order valence-corrected chi connectivity index (χ0v) is 31.4. The molecule has 0 aliphatic rings. The fourth-order valence-electron chi connectivity index (χ4n) is 9.08. The van der Waals surface area contributed by atoms with E-state index in [4.69, 9.17) is 9.97 Å². The molecule has 0 saturated carbocycles. The first kappa shape index (κ1) is 32.4. The molecule has 0 saturated heterocycles. The summed E-state index contributed by atoms with van der Waals surface area (Å²) in [5.41, 5.74) is 14.9. The normalized spacial score (nSPS) is 11.8. The lowest BCUT2D eigenvalue weighted by atomic mass is 10.0. The van der Waals surface area contributed by atoms with Crippen LogP contribution in [0.1, 0.15) is 0 Å². The lowest BCUT2D eigenvalue weighted by Gasteiger charge is -2.15. The maximum absolute atomic E-state index is 5.19. The number of para-hydroxylation sites is 4. The summed E-state index contributed by atoms with van der Waals surface area (Å²) in [5, 5.41) is 7.45. The molecule has 3 aromatic heterocycles. The van der Waals surface area contributed by atoms with Crippen LogP contribution in [0.15, 0.2) is 206 Å². The third-order valence-electron chi connectivity index (χ3n) is 11.7. The topological polar surface area (TPSA) is 35.6 Å². The zero-order chi connectivity index (χ0) is 38.2. The Bertz CT molecular complexity index is 3540. The summed E-state index contributed by atoms with van der Waals surface area (Å²) in [4.78, 5) is 10.3. The summed E-state index contributed by atoms with van der Waals surface area (Å²) in [5.74, 6) is 0. The quantitative estimate of drug-likeness (QED) is 0.176. The fraction of sp³-hybridized carbons (Fsp3) is 0. The van der Waals surface area contributed by atoms with Gasteiger partial charge in [-0.15, -0.1) is 0 Å². The number of benzene rings is 9. The summed E-state index contributed by atoms with van der Waals surface area (Å²) in [6, 6.07) is 73.8. The van der Waals surface area contributed by atoms with Crippen LogP contribution in [0.4, 0.5) is 0 Å². The van der Waals surface area contributed by atoms with Gasteiger partial charge in [0.05, 0.1) is 50.2 Å². The van der Waals surface area contributed by atoms with Gasteiger partial charge in [-0.2, -0.15) is 0 Å². The van der Waals surface area contributed by atoms with Gasteiger partial charge in [-0.1, -0.05) is 152 Å². The first-order chi connectivity index (χ1) is 28.8. The molecule has 9 aromatic carbocycles. The largest absolute Gasteiger partial charge is 0.309 e. The van der Waals surface area contributed by atoms with E-state index in [1.54, 1.807) is 0 Å². The number of rotatable bonds is 5. The van der Waals surface area contributed by atoms with Gasteiger partial charge < -0.3 is 9.13 Å². The number of fused-ring (bicyclic) bond motifs is 9. The van der Waals surface area contributed by atoms with Crippen LogP contribution in [0.5, 0.6) is 0 Å². The molecule has 0 fully saturated rings. The molecule has 12 rings (SSSR count). The van der Waals surface area contributed by atoms with Gasteiger partial charge in [0.2, 0.25) is 0 Å². The summed E-state index contributed by atoms with van der Waals surface area (Å²) in [6.07, 6.45) is 0. The molecule has 4 heteroatoms. The average Bonchev–Trinajstić information content (AvgIpc) is 3.80. The van der Waals surface area contributed by atoms with Crippen molar-refractivity contribution in [1.82, 2.24) is 19.1 Å². The molecule has 3 heterocycles. The van der Waals surface area contributed by atoms with Crippen molar-refractivity contribution in [3.8, 4) is 45.0 Å². The van der Waals surface area contributed by atoms with Crippen molar-refractivity contribution in [3.63, 3.8) is 0 Å². The highest BCUT2D eigenvalue weighted by molar-refractivity contribution is 6.25. The molecular weight excluding hydrogens is 705 g/mol. The van der Waals surface area contributed by atoms with E-state index in [2.05, 4.69) is 185 Å². The molecule has 270 valence electrons. The highest BCUT2D eigenvalue weighted by Crippen LogP contribution is 2.43. The number of hydrogen-bond acceptors (Lipinski definition) is 2. The second kappa shape index (κ2) is 12.9.